The van der Waals surface area contributed by atoms with Crippen LogP contribution in [0.4, 0.5) is 13.2 Å². The van der Waals surface area contributed by atoms with Gasteiger partial charge in [-0.15, -0.1) is 0 Å². The molecule has 8 heteroatoms. The van der Waals surface area contributed by atoms with Gasteiger partial charge in [0.05, 0.1) is 6.54 Å². The minimum absolute atomic E-state index is 0.0851. The highest BCUT2D eigenvalue weighted by atomic mass is 19.4. The van der Waals surface area contributed by atoms with Crippen LogP contribution in [0.15, 0.2) is 6.07 Å². The van der Waals surface area contributed by atoms with Gasteiger partial charge in [-0.1, -0.05) is 0 Å². The van der Waals surface area contributed by atoms with Gasteiger partial charge < -0.3 is 5.32 Å². The van der Waals surface area contributed by atoms with E-state index in [1.54, 1.807) is 6.07 Å². The molecule has 0 atom stereocenters. The van der Waals surface area contributed by atoms with E-state index in [-0.39, 0.29) is 11.9 Å². The molecular weight excluding hydrogens is 297 g/mol. The van der Waals surface area contributed by atoms with E-state index in [1.807, 2.05) is 0 Å². The molecule has 1 aromatic rings. The lowest BCUT2D eigenvalue weighted by Gasteiger charge is -2.32. The van der Waals surface area contributed by atoms with Gasteiger partial charge in [0.15, 0.2) is 0 Å². The van der Waals surface area contributed by atoms with Gasteiger partial charge in [0.2, 0.25) is 0 Å². The van der Waals surface area contributed by atoms with Gasteiger partial charge in [0.1, 0.15) is 5.69 Å². The van der Waals surface area contributed by atoms with Crippen molar-refractivity contribution in [1.82, 2.24) is 20.4 Å². The minimum Gasteiger partial charge on any atom is -0.348 e. The Bertz CT molecular complexity index is 530. The van der Waals surface area contributed by atoms with E-state index in [0.717, 1.165) is 18.5 Å². The maximum Gasteiger partial charge on any atom is 0.401 e. The Morgan fingerprint density at radius 1 is 1.32 bits per heavy atom. The van der Waals surface area contributed by atoms with E-state index in [1.165, 1.54) is 4.90 Å². The maximum absolute atomic E-state index is 12.3. The van der Waals surface area contributed by atoms with Crippen molar-refractivity contribution >= 4 is 5.91 Å². The molecule has 0 aromatic carbocycles. The van der Waals surface area contributed by atoms with E-state index >= 15 is 0 Å². The number of rotatable bonds is 4. The van der Waals surface area contributed by atoms with Crippen LogP contribution in [0.25, 0.3) is 0 Å². The molecule has 0 unspecified atom stereocenters. The highest BCUT2D eigenvalue weighted by molar-refractivity contribution is 5.92. The third-order valence-corrected chi connectivity index (χ3v) is 4.17. The molecule has 1 aliphatic heterocycles. The molecule has 1 saturated carbocycles. The zero-order chi connectivity index (χ0) is 15.7. The van der Waals surface area contributed by atoms with Crippen molar-refractivity contribution in [2.75, 3.05) is 19.6 Å². The van der Waals surface area contributed by atoms with Crippen molar-refractivity contribution in [2.24, 2.45) is 0 Å². The summed E-state index contributed by atoms with van der Waals surface area (Å²) in [6, 6.07) is 1.68. The maximum atomic E-state index is 12.3. The molecule has 0 bridgehead atoms. The number of nitrogens with one attached hydrogen (secondary N) is 2. The number of nitrogens with zero attached hydrogens (tertiary/aromatic N) is 2. The molecule has 0 radical (unpaired) electrons. The van der Waals surface area contributed by atoms with Gasteiger partial charge in [-0.25, -0.2) is 0 Å². The molecule has 2 heterocycles. The first-order valence-corrected chi connectivity index (χ1v) is 7.56. The first-order valence-electron chi connectivity index (χ1n) is 7.56. The van der Waals surface area contributed by atoms with Crippen molar-refractivity contribution in [3.63, 3.8) is 0 Å². The second-order valence-electron chi connectivity index (χ2n) is 6.12. The SMILES string of the molecule is O=C(NC1CCN(CC(F)(F)F)CC1)c1cc(C2CC2)[nH]n1. The lowest BCUT2D eigenvalue weighted by molar-refractivity contribution is -0.148. The Kier molecular flexibility index (Phi) is 4.12. The number of aromatic amines is 1. The summed E-state index contributed by atoms with van der Waals surface area (Å²) in [5.74, 6) is 0.247. The number of H-pyrrole nitrogens is 1. The quantitative estimate of drug-likeness (QED) is 0.894. The second kappa shape index (κ2) is 5.91. The van der Waals surface area contributed by atoms with Gasteiger partial charge in [0.25, 0.3) is 5.91 Å². The summed E-state index contributed by atoms with van der Waals surface area (Å²) >= 11 is 0. The van der Waals surface area contributed by atoms with Gasteiger partial charge in [-0.2, -0.15) is 18.3 Å². The molecule has 3 rings (SSSR count). The molecule has 1 aliphatic carbocycles. The zero-order valence-corrected chi connectivity index (χ0v) is 12.1. The number of likely N-dealkylation sites (tertiary alicyclic amines) is 1. The Morgan fingerprint density at radius 3 is 2.59 bits per heavy atom. The molecule has 1 aromatic heterocycles. The van der Waals surface area contributed by atoms with Crippen LogP contribution in [0, 0.1) is 0 Å². The number of carbonyl (C=O) groups is 1. The predicted octanol–water partition coefficient (Wildman–Crippen LogP) is 2.04. The Hall–Kier alpha value is -1.57. The number of alkyl halides is 3. The first kappa shape index (κ1) is 15.3. The fourth-order valence-electron chi connectivity index (χ4n) is 2.80. The highest BCUT2D eigenvalue weighted by Gasteiger charge is 2.33. The van der Waals surface area contributed by atoms with Crippen LogP contribution in [0.1, 0.15) is 47.8 Å². The van der Waals surface area contributed by atoms with Gasteiger partial charge in [0, 0.05) is 30.7 Å². The smallest absolute Gasteiger partial charge is 0.348 e. The molecule has 2 fully saturated rings. The zero-order valence-electron chi connectivity index (χ0n) is 12.1. The summed E-state index contributed by atoms with van der Waals surface area (Å²) in [5, 5.41) is 9.75. The Labute approximate surface area is 126 Å². The molecule has 2 N–H and O–H groups in total. The number of hydrogen-bond donors (Lipinski definition) is 2. The van der Waals surface area contributed by atoms with E-state index in [0.29, 0.717) is 37.5 Å². The summed E-state index contributed by atoms with van der Waals surface area (Å²) < 4.78 is 37.0. The van der Waals surface area contributed by atoms with Crippen LogP contribution in [0.3, 0.4) is 0 Å². The second-order valence-corrected chi connectivity index (χ2v) is 6.12. The third-order valence-electron chi connectivity index (χ3n) is 4.17. The van der Waals surface area contributed by atoms with Gasteiger partial charge in [-0.3, -0.25) is 14.8 Å². The molecule has 22 heavy (non-hydrogen) atoms. The number of carbonyl (C=O) groups excluding carboxylic acids is 1. The van der Waals surface area contributed by atoms with Crippen LogP contribution < -0.4 is 5.32 Å². The fourth-order valence-corrected chi connectivity index (χ4v) is 2.80. The fraction of sp³-hybridized carbons (Fsp3) is 0.714. The number of amides is 1. The summed E-state index contributed by atoms with van der Waals surface area (Å²) in [5.41, 5.74) is 1.35. The summed E-state index contributed by atoms with van der Waals surface area (Å²) in [6.45, 7) is -0.186. The van der Waals surface area contributed by atoms with Crippen molar-refractivity contribution < 1.29 is 18.0 Å². The lowest BCUT2D eigenvalue weighted by Crippen LogP contribution is -2.47. The molecule has 122 valence electrons. The van der Waals surface area contributed by atoms with Gasteiger partial charge >= 0.3 is 6.18 Å². The largest absolute Gasteiger partial charge is 0.401 e. The first-order chi connectivity index (χ1) is 10.4. The average molecular weight is 316 g/mol. The topological polar surface area (TPSA) is 61.0 Å². The third kappa shape index (κ3) is 4.00. The average Bonchev–Trinajstić information content (AvgIpc) is 3.17. The molecular formula is C14H19F3N4O. The van der Waals surface area contributed by atoms with Crippen molar-refractivity contribution in [2.45, 2.75) is 43.8 Å². The number of hydrogen-bond acceptors (Lipinski definition) is 3. The van der Waals surface area contributed by atoms with Crippen molar-refractivity contribution in [3.8, 4) is 0 Å². The molecule has 1 amide bonds. The standard InChI is InChI=1S/C14H19F3N4O/c15-14(16,17)8-21-5-3-10(4-6-21)18-13(22)12-7-11(19-20-12)9-1-2-9/h7,9-10H,1-6,8H2,(H,18,22)(H,19,20). The number of halogens is 3. The molecule has 5 nitrogen and oxygen atoms in total. The highest BCUT2D eigenvalue weighted by Crippen LogP contribution is 2.38. The van der Waals surface area contributed by atoms with Gasteiger partial charge in [-0.05, 0) is 31.7 Å². The van der Waals surface area contributed by atoms with E-state index in [2.05, 4.69) is 15.5 Å². The van der Waals surface area contributed by atoms with Crippen molar-refractivity contribution in [1.29, 1.82) is 0 Å². The lowest BCUT2D eigenvalue weighted by atomic mass is 10.0. The van der Waals surface area contributed by atoms with E-state index < -0.39 is 12.7 Å². The summed E-state index contributed by atoms with van der Waals surface area (Å²) in [4.78, 5) is 13.5. The van der Waals surface area contributed by atoms with Crippen LogP contribution in [0.2, 0.25) is 0 Å². The number of aromatic nitrogens is 2. The molecule has 1 saturated heterocycles. The van der Waals surface area contributed by atoms with Crippen molar-refractivity contribution in [3.05, 3.63) is 17.5 Å². The number of piperidine rings is 1. The predicted molar refractivity (Wildman–Crippen MR) is 73.5 cm³/mol. The van der Waals surface area contributed by atoms with Crippen LogP contribution in [-0.4, -0.2) is 52.9 Å². The molecule has 0 spiro atoms. The summed E-state index contributed by atoms with van der Waals surface area (Å²) in [6.07, 6.45) is -0.852. The monoisotopic (exact) mass is 316 g/mol. The normalized spacial score (nSPS) is 21.0. The van der Waals surface area contributed by atoms with Crippen LogP contribution in [0.5, 0.6) is 0 Å². The Balaban J connectivity index is 1.46. The Morgan fingerprint density at radius 2 is 2.00 bits per heavy atom. The van der Waals surface area contributed by atoms with E-state index in [4.69, 9.17) is 0 Å². The minimum atomic E-state index is -4.16. The van der Waals surface area contributed by atoms with Crippen LogP contribution in [-0.2, 0) is 0 Å². The van der Waals surface area contributed by atoms with E-state index in [9.17, 15) is 18.0 Å². The van der Waals surface area contributed by atoms with Crippen LogP contribution >= 0.6 is 0 Å². The summed E-state index contributed by atoms with van der Waals surface area (Å²) in [7, 11) is 0. The molecule has 2 aliphatic rings.